The first kappa shape index (κ1) is 36.4. The van der Waals surface area contributed by atoms with Crippen molar-refractivity contribution in [2.24, 2.45) is 34.6 Å². The van der Waals surface area contributed by atoms with Crippen molar-refractivity contribution < 1.29 is 19.1 Å². The van der Waals surface area contributed by atoms with Crippen LogP contribution in [-0.2, 0) is 14.3 Å². The van der Waals surface area contributed by atoms with Crippen LogP contribution >= 0.6 is 0 Å². The second-order valence-electron chi connectivity index (χ2n) is 15.8. The van der Waals surface area contributed by atoms with E-state index in [1.54, 1.807) is 11.1 Å². The fraction of sp³-hybridized carbons (Fsp3) is 0.409. The van der Waals surface area contributed by atoms with Crippen LogP contribution in [0.2, 0.25) is 0 Å². The summed E-state index contributed by atoms with van der Waals surface area (Å²) in [5.74, 6) is 2.45. The zero-order valence-corrected chi connectivity index (χ0v) is 31.9. The van der Waals surface area contributed by atoms with Gasteiger partial charge >= 0.3 is 6.09 Å². The third-order valence-electron chi connectivity index (χ3n) is 12.3. The standard InChI is InChI=1S/C44H49N7O4/c1-26(2)40(49-44(54)55-4)43(53)51-21-7-8-36(51)41-47-25-35(48-41)30-16-14-28(15-17-30)27-10-12-29(13-11-27)33-23-34(46-24-33)38-31-18-19-32(22-31)39(38)42(52)50(3)37-9-5-6-20-45-37/h5-6,9-17,20,24-26,31-32,36,38-40H,7-8,18-19,21-23H2,1-4H3,(H,47,48)(H,49,54)/t31?,32?,36-,38-,39+,40-/m0/s1. The first-order valence-electron chi connectivity index (χ1n) is 19.6. The predicted octanol–water partition coefficient (Wildman–Crippen LogP) is 7.69. The molecule has 2 aromatic heterocycles. The number of fused-ring (bicyclic) bond motifs is 2. The van der Waals surface area contributed by atoms with Gasteiger partial charge in [-0.15, -0.1) is 0 Å². The number of aromatic nitrogens is 3. The zero-order chi connectivity index (χ0) is 38.2. The fourth-order valence-corrected chi connectivity index (χ4v) is 9.41. The van der Waals surface area contributed by atoms with E-state index in [1.165, 1.54) is 19.1 Å². The van der Waals surface area contributed by atoms with E-state index in [2.05, 4.69) is 63.8 Å². The molecule has 11 heteroatoms. The quantitative estimate of drug-likeness (QED) is 0.171. The van der Waals surface area contributed by atoms with Crippen LogP contribution in [0.25, 0.3) is 28.0 Å². The number of nitrogens with zero attached hydrogens (tertiary/aromatic N) is 5. The average molecular weight is 740 g/mol. The second-order valence-corrected chi connectivity index (χ2v) is 15.8. The summed E-state index contributed by atoms with van der Waals surface area (Å²) in [6.07, 6.45) is 10.8. The minimum absolute atomic E-state index is 0.0446. The minimum Gasteiger partial charge on any atom is -0.453 e. The van der Waals surface area contributed by atoms with Crippen LogP contribution in [0.3, 0.4) is 0 Å². The number of nitrogens with one attached hydrogen (secondary N) is 2. The van der Waals surface area contributed by atoms with E-state index in [1.807, 2.05) is 56.4 Å². The van der Waals surface area contributed by atoms with E-state index in [-0.39, 0.29) is 35.6 Å². The Morgan fingerprint density at radius 3 is 2.31 bits per heavy atom. The van der Waals surface area contributed by atoms with Gasteiger partial charge in [-0.3, -0.25) is 19.5 Å². The third-order valence-corrected chi connectivity index (χ3v) is 12.3. The lowest BCUT2D eigenvalue weighted by atomic mass is 9.74. The molecule has 3 amide bonds. The summed E-state index contributed by atoms with van der Waals surface area (Å²) in [6.45, 7) is 4.43. The van der Waals surface area contributed by atoms with Crippen molar-refractivity contribution in [3.8, 4) is 22.4 Å². The largest absolute Gasteiger partial charge is 0.453 e. The Morgan fingerprint density at radius 2 is 1.62 bits per heavy atom. The maximum Gasteiger partial charge on any atom is 0.407 e. The lowest BCUT2D eigenvalue weighted by Gasteiger charge is -2.33. The number of benzene rings is 2. The summed E-state index contributed by atoms with van der Waals surface area (Å²) < 4.78 is 4.76. The van der Waals surface area contributed by atoms with Crippen molar-refractivity contribution in [3.63, 3.8) is 0 Å². The van der Waals surface area contributed by atoms with Crippen LogP contribution in [0.5, 0.6) is 0 Å². The molecule has 2 bridgehead atoms. The van der Waals surface area contributed by atoms with Gasteiger partial charge in [0.1, 0.15) is 17.7 Å². The fourth-order valence-electron chi connectivity index (χ4n) is 9.41. The molecule has 2 N–H and O–H groups in total. The summed E-state index contributed by atoms with van der Waals surface area (Å²) in [7, 11) is 3.15. The summed E-state index contributed by atoms with van der Waals surface area (Å²) in [5.41, 5.74) is 7.62. The number of imidazole rings is 1. The van der Waals surface area contributed by atoms with Gasteiger partial charge in [0, 0.05) is 50.0 Å². The first-order valence-corrected chi connectivity index (χ1v) is 19.6. The maximum atomic E-state index is 13.9. The molecular weight excluding hydrogens is 691 g/mol. The van der Waals surface area contributed by atoms with Gasteiger partial charge in [0.25, 0.3) is 0 Å². The normalized spacial score (nSPS) is 23.4. The van der Waals surface area contributed by atoms with Gasteiger partial charge < -0.3 is 19.9 Å². The molecule has 284 valence electrons. The number of aliphatic imine (C=N–C) groups is 1. The van der Waals surface area contributed by atoms with Crippen molar-refractivity contribution in [3.05, 3.63) is 96.7 Å². The number of rotatable bonds is 10. The number of amides is 3. The maximum absolute atomic E-state index is 13.9. The molecule has 2 unspecified atom stereocenters. The van der Waals surface area contributed by atoms with Crippen LogP contribution in [0.15, 0.2) is 90.3 Å². The van der Waals surface area contributed by atoms with E-state index < -0.39 is 12.1 Å². The van der Waals surface area contributed by atoms with Crippen LogP contribution in [0.4, 0.5) is 10.6 Å². The smallest absolute Gasteiger partial charge is 0.407 e. The highest BCUT2D eigenvalue weighted by Gasteiger charge is 2.53. The molecule has 4 aromatic rings. The summed E-state index contributed by atoms with van der Waals surface area (Å²) in [6, 6.07) is 21.9. The number of methoxy groups -OCH3 is 1. The summed E-state index contributed by atoms with van der Waals surface area (Å²) in [4.78, 5) is 60.5. The van der Waals surface area contributed by atoms with Crippen molar-refractivity contribution in [1.82, 2.24) is 25.2 Å². The number of aromatic amines is 1. The molecule has 0 radical (unpaired) electrons. The molecule has 1 saturated heterocycles. The zero-order valence-electron chi connectivity index (χ0n) is 31.9. The Labute approximate surface area is 322 Å². The molecular formula is C44H49N7O4. The molecule has 8 rings (SSSR count). The van der Waals surface area contributed by atoms with E-state index in [0.717, 1.165) is 71.6 Å². The second kappa shape index (κ2) is 15.3. The van der Waals surface area contributed by atoms with Gasteiger partial charge in [-0.1, -0.05) is 68.4 Å². The number of ether oxygens (including phenoxy) is 1. The number of hydrogen-bond donors (Lipinski definition) is 2. The molecule has 11 nitrogen and oxygen atoms in total. The van der Waals surface area contributed by atoms with E-state index in [0.29, 0.717) is 24.2 Å². The van der Waals surface area contributed by atoms with Gasteiger partial charge in [0.2, 0.25) is 11.8 Å². The van der Waals surface area contributed by atoms with Gasteiger partial charge in [-0.2, -0.15) is 0 Å². The monoisotopic (exact) mass is 739 g/mol. The van der Waals surface area contributed by atoms with Crippen LogP contribution in [0.1, 0.15) is 69.8 Å². The number of likely N-dealkylation sites (tertiary alicyclic amines) is 1. The van der Waals surface area contributed by atoms with Crippen LogP contribution in [-0.4, -0.2) is 70.2 Å². The number of carbonyl (C=O) groups excluding carboxylic acids is 3. The Morgan fingerprint density at radius 1 is 0.909 bits per heavy atom. The Bertz CT molecular complexity index is 2110. The van der Waals surface area contributed by atoms with Gasteiger partial charge in [0.05, 0.1) is 25.0 Å². The molecule has 2 saturated carbocycles. The van der Waals surface area contributed by atoms with Gasteiger partial charge in [-0.05, 0) is 89.8 Å². The van der Waals surface area contributed by atoms with Crippen LogP contribution < -0.4 is 10.2 Å². The highest BCUT2D eigenvalue weighted by atomic mass is 16.5. The Kier molecular flexibility index (Phi) is 10.1. The van der Waals surface area contributed by atoms with E-state index in [9.17, 15) is 14.4 Å². The first-order chi connectivity index (χ1) is 26.7. The number of H-pyrrole nitrogens is 1. The highest BCUT2D eigenvalue weighted by Crippen LogP contribution is 2.54. The number of carbonyl (C=O) groups is 3. The molecule has 0 spiro atoms. The van der Waals surface area contributed by atoms with Gasteiger partial charge in [0.15, 0.2) is 0 Å². The highest BCUT2D eigenvalue weighted by molar-refractivity contribution is 6.04. The lowest BCUT2D eigenvalue weighted by molar-refractivity contribution is -0.135. The number of hydrogen-bond acceptors (Lipinski definition) is 7. The number of pyridine rings is 1. The summed E-state index contributed by atoms with van der Waals surface area (Å²) >= 11 is 0. The average Bonchev–Trinajstić information content (AvgIpc) is 4.08. The molecule has 2 aliphatic heterocycles. The molecule has 6 atom stereocenters. The minimum atomic E-state index is -0.674. The van der Waals surface area contributed by atoms with Gasteiger partial charge in [-0.25, -0.2) is 14.8 Å². The Hall–Kier alpha value is -5.58. The van der Waals surface area contributed by atoms with Crippen molar-refractivity contribution >= 4 is 35.0 Å². The van der Waals surface area contributed by atoms with Crippen LogP contribution in [0, 0.1) is 29.6 Å². The molecule has 55 heavy (non-hydrogen) atoms. The molecule has 3 fully saturated rings. The number of anilines is 1. The molecule has 2 aromatic carbocycles. The van der Waals surface area contributed by atoms with E-state index in [4.69, 9.17) is 14.7 Å². The van der Waals surface area contributed by atoms with E-state index >= 15 is 0 Å². The van der Waals surface area contributed by atoms with Crippen molar-refractivity contribution in [2.75, 3.05) is 25.6 Å². The Balaban J connectivity index is 0.905. The third kappa shape index (κ3) is 7.08. The topological polar surface area (TPSA) is 133 Å². The predicted molar refractivity (Wildman–Crippen MR) is 213 cm³/mol. The summed E-state index contributed by atoms with van der Waals surface area (Å²) in [5, 5.41) is 2.71. The van der Waals surface area contributed by atoms with Crippen molar-refractivity contribution in [2.45, 2.75) is 64.5 Å². The van der Waals surface area contributed by atoms with Crippen molar-refractivity contribution in [1.29, 1.82) is 0 Å². The molecule has 4 heterocycles. The number of alkyl carbamates (subject to hydrolysis) is 1. The molecule has 2 aliphatic carbocycles. The molecule has 4 aliphatic rings. The number of allylic oxidation sites excluding steroid dienone is 1. The lowest BCUT2D eigenvalue weighted by Crippen LogP contribution is -2.51. The SMILES string of the molecule is COC(=O)N[C@H](C(=O)N1CCC[C@H]1c1ncc(-c2ccc(-c3ccc(C4=CN=C([C@@H]5C6CCC(C6)[C@H]5C(=O)N(C)c5ccccn5)C4)cc3)cc2)[nH]1)C(C)C.